The lowest BCUT2D eigenvalue weighted by Crippen LogP contribution is -1.98. The first-order valence-electron chi connectivity index (χ1n) is 8.72. The molecule has 28 heavy (non-hydrogen) atoms. The van der Waals surface area contributed by atoms with E-state index in [0.717, 1.165) is 11.3 Å². The predicted octanol–water partition coefficient (Wildman–Crippen LogP) is 5.03. The molecule has 0 aromatic heterocycles. The number of carbonyl (C=O) groups is 1. The fraction of sp³-hybridized carbons (Fsp3) is 0.0870. The molecule has 3 aromatic carbocycles. The number of rotatable bonds is 5. The first-order chi connectivity index (χ1) is 13.6. The summed E-state index contributed by atoms with van der Waals surface area (Å²) < 4.78 is 29.8. The maximum absolute atomic E-state index is 13.0. The third kappa shape index (κ3) is 3.74. The third-order valence-corrected chi connectivity index (χ3v) is 4.35. The van der Waals surface area contributed by atoms with Crippen LogP contribution in [-0.4, -0.2) is 12.9 Å². The summed E-state index contributed by atoms with van der Waals surface area (Å²) in [6.07, 6.45) is 1.60. The number of hydrogen-bond donors (Lipinski definition) is 0. The number of benzene rings is 3. The summed E-state index contributed by atoms with van der Waals surface area (Å²) in [7, 11) is 1.62. The molecular formula is C23H17FO4. The summed E-state index contributed by atoms with van der Waals surface area (Å²) in [4.78, 5) is 12.5. The van der Waals surface area contributed by atoms with Crippen LogP contribution in [0.3, 0.4) is 0 Å². The van der Waals surface area contributed by atoms with Crippen LogP contribution in [0.25, 0.3) is 6.08 Å². The van der Waals surface area contributed by atoms with E-state index in [1.807, 2.05) is 24.3 Å². The molecule has 1 heterocycles. The van der Waals surface area contributed by atoms with Crippen LogP contribution in [-0.2, 0) is 6.61 Å². The highest BCUT2D eigenvalue weighted by atomic mass is 19.1. The molecule has 0 atom stereocenters. The molecule has 0 saturated carbocycles. The lowest BCUT2D eigenvalue weighted by molar-refractivity contribution is 0.101. The number of halogens is 1. The van der Waals surface area contributed by atoms with Gasteiger partial charge in [-0.1, -0.05) is 24.3 Å². The molecule has 0 aliphatic carbocycles. The summed E-state index contributed by atoms with van der Waals surface area (Å²) in [6.45, 7) is 0.363. The first-order valence-corrected chi connectivity index (χ1v) is 8.72. The molecule has 0 bridgehead atoms. The fourth-order valence-corrected chi connectivity index (χ4v) is 2.90. The molecule has 0 amide bonds. The van der Waals surface area contributed by atoms with Gasteiger partial charge in [0.15, 0.2) is 5.76 Å². The van der Waals surface area contributed by atoms with Gasteiger partial charge in [0.05, 0.1) is 12.7 Å². The van der Waals surface area contributed by atoms with Crippen LogP contribution >= 0.6 is 0 Å². The minimum Gasteiger partial charge on any atom is -0.497 e. The van der Waals surface area contributed by atoms with E-state index in [-0.39, 0.29) is 17.4 Å². The van der Waals surface area contributed by atoms with E-state index in [4.69, 9.17) is 14.2 Å². The van der Waals surface area contributed by atoms with Crippen LogP contribution < -0.4 is 14.2 Å². The van der Waals surface area contributed by atoms with E-state index < -0.39 is 0 Å². The second-order valence-corrected chi connectivity index (χ2v) is 6.29. The third-order valence-electron chi connectivity index (χ3n) is 4.35. The van der Waals surface area contributed by atoms with E-state index in [1.165, 1.54) is 12.1 Å². The summed E-state index contributed by atoms with van der Waals surface area (Å²) in [5, 5.41) is 0. The van der Waals surface area contributed by atoms with Crippen molar-refractivity contribution in [2.45, 2.75) is 6.61 Å². The standard InChI is InChI=1S/C23H17FO4/c1-26-18-4-2-3-16(11-18)14-27-19-9-10-20-21(13-19)28-22(23(20)25)12-15-5-7-17(24)8-6-15/h2-13H,14H2,1H3/b22-12-. The van der Waals surface area contributed by atoms with Gasteiger partial charge in [-0.05, 0) is 53.6 Å². The number of allylic oxidation sites excluding steroid dienone is 1. The predicted molar refractivity (Wildman–Crippen MR) is 103 cm³/mol. The second kappa shape index (κ2) is 7.56. The van der Waals surface area contributed by atoms with Gasteiger partial charge in [-0.25, -0.2) is 4.39 Å². The van der Waals surface area contributed by atoms with Crippen molar-refractivity contribution in [2.24, 2.45) is 0 Å². The average Bonchev–Trinajstić information content (AvgIpc) is 3.03. The maximum atomic E-state index is 13.0. The van der Waals surface area contributed by atoms with Gasteiger partial charge >= 0.3 is 0 Å². The van der Waals surface area contributed by atoms with Crippen molar-refractivity contribution in [3.8, 4) is 17.2 Å². The van der Waals surface area contributed by atoms with Gasteiger partial charge in [-0.3, -0.25) is 4.79 Å². The second-order valence-electron chi connectivity index (χ2n) is 6.29. The Balaban J connectivity index is 1.49. The summed E-state index contributed by atoms with van der Waals surface area (Å²) in [5.74, 6) is 1.46. The zero-order chi connectivity index (χ0) is 19.5. The normalized spacial score (nSPS) is 13.9. The highest BCUT2D eigenvalue weighted by Crippen LogP contribution is 2.35. The molecular weight excluding hydrogens is 359 g/mol. The van der Waals surface area contributed by atoms with E-state index in [2.05, 4.69) is 0 Å². The number of ether oxygens (including phenoxy) is 3. The molecule has 0 unspecified atom stereocenters. The fourth-order valence-electron chi connectivity index (χ4n) is 2.90. The lowest BCUT2D eigenvalue weighted by Gasteiger charge is -2.08. The van der Waals surface area contributed by atoms with Gasteiger partial charge in [0, 0.05) is 6.07 Å². The van der Waals surface area contributed by atoms with Crippen LogP contribution in [0.2, 0.25) is 0 Å². The number of fused-ring (bicyclic) bond motifs is 1. The number of Topliss-reactive ketones (excluding diaryl/α,β-unsaturated/α-hetero) is 1. The molecule has 4 nitrogen and oxygen atoms in total. The van der Waals surface area contributed by atoms with E-state index >= 15 is 0 Å². The molecule has 3 aromatic rings. The monoisotopic (exact) mass is 376 g/mol. The van der Waals surface area contributed by atoms with Gasteiger partial charge in [0.25, 0.3) is 0 Å². The van der Waals surface area contributed by atoms with Crippen LogP contribution in [0.5, 0.6) is 17.2 Å². The van der Waals surface area contributed by atoms with Crippen molar-refractivity contribution in [1.82, 2.24) is 0 Å². The SMILES string of the molecule is COc1cccc(COc2ccc3c(c2)O/C(=C\c2ccc(F)cc2)C3=O)c1. The molecule has 0 spiro atoms. The van der Waals surface area contributed by atoms with Crippen molar-refractivity contribution < 1.29 is 23.4 Å². The van der Waals surface area contributed by atoms with E-state index in [9.17, 15) is 9.18 Å². The van der Waals surface area contributed by atoms with Crippen LogP contribution in [0.4, 0.5) is 4.39 Å². The van der Waals surface area contributed by atoms with E-state index in [1.54, 1.807) is 43.5 Å². The van der Waals surface area contributed by atoms with Gasteiger partial charge in [0.2, 0.25) is 5.78 Å². The highest BCUT2D eigenvalue weighted by Gasteiger charge is 2.27. The molecule has 0 fully saturated rings. The number of hydrogen-bond acceptors (Lipinski definition) is 4. The topological polar surface area (TPSA) is 44.8 Å². The number of carbonyl (C=O) groups excluding carboxylic acids is 1. The molecule has 1 aliphatic heterocycles. The Morgan fingerprint density at radius 2 is 1.82 bits per heavy atom. The quantitative estimate of drug-likeness (QED) is 0.586. The van der Waals surface area contributed by atoms with Gasteiger partial charge in [-0.15, -0.1) is 0 Å². The number of methoxy groups -OCH3 is 1. The van der Waals surface area contributed by atoms with Crippen molar-refractivity contribution >= 4 is 11.9 Å². The van der Waals surface area contributed by atoms with Crippen LogP contribution in [0.1, 0.15) is 21.5 Å². The Labute approximate surface area is 161 Å². The number of ketones is 1. The van der Waals surface area contributed by atoms with Crippen molar-refractivity contribution in [3.05, 3.63) is 95.0 Å². The van der Waals surface area contributed by atoms with Crippen LogP contribution in [0.15, 0.2) is 72.5 Å². The average molecular weight is 376 g/mol. The summed E-state index contributed by atoms with van der Waals surface area (Å²) in [6, 6.07) is 18.6. The Hall–Kier alpha value is -3.60. The summed E-state index contributed by atoms with van der Waals surface area (Å²) >= 11 is 0. The van der Waals surface area contributed by atoms with Gasteiger partial charge in [0.1, 0.15) is 29.7 Å². The van der Waals surface area contributed by atoms with Gasteiger partial charge < -0.3 is 14.2 Å². The zero-order valence-electron chi connectivity index (χ0n) is 15.1. The summed E-state index contributed by atoms with van der Waals surface area (Å²) in [5.41, 5.74) is 2.13. The lowest BCUT2D eigenvalue weighted by atomic mass is 10.1. The van der Waals surface area contributed by atoms with Crippen LogP contribution in [0, 0.1) is 5.82 Å². The smallest absolute Gasteiger partial charge is 0.231 e. The van der Waals surface area contributed by atoms with Crippen molar-refractivity contribution in [2.75, 3.05) is 7.11 Å². The Morgan fingerprint density at radius 3 is 2.61 bits per heavy atom. The Morgan fingerprint density at radius 1 is 1.00 bits per heavy atom. The van der Waals surface area contributed by atoms with E-state index in [0.29, 0.717) is 29.2 Å². The molecule has 4 rings (SSSR count). The minimum atomic E-state index is -0.332. The minimum absolute atomic E-state index is 0.201. The molecule has 0 saturated heterocycles. The molecule has 5 heteroatoms. The van der Waals surface area contributed by atoms with Crippen molar-refractivity contribution in [3.63, 3.8) is 0 Å². The molecule has 0 radical (unpaired) electrons. The highest BCUT2D eigenvalue weighted by molar-refractivity contribution is 6.14. The molecule has 140 valence electrons. The van der Waals surface area contributed by atoms with Gasteiger partial charge in [-0.2, -0.15) is 0 Å². The maximum Gasteiger partial charge on any atom is 0.231 e. The Kier molecular flexibility index (Phi) is 4.81. The zero-order valence-corrected chi connectivity index (χ0v) is 15.1. The first kappa shape index (κ1) is 17.8. The van der Waals surface area contributed by atoms with Crippen molar-refractivity contribution in [1.29, 1.82) is 0 Å². The largest absolute Gasteiger partial charge is 0.497 e. The molecule has 0 N–H and O–H groups in total. The Bertz CT molecular complexity index is 1050. The molecule has 1 aliphatic rings.